The van der Waals surface area contributed by atoms with Crippen molar-refractivity contribution in [3.05, 3.63) is 80.4 Å². The number of pyridine rings is 1. The highest BCUT2D eigenvalue weighted by Crippen LogP contribution is 2.40. The fourth-order valence-electron chi connectivity index (χ4n) is 3.96. The van der Waals surface area contributed by atoms with E-state index < -0.39 is 0 Å². The van der Waals surface area contributed by atoms with Crippen LogP contribution in [0.5, 0.6) is 5.75 Å². The van der Waals surface area contributed by atoms with Crippen LogP contribution in [0.15, 0.2) is 51.8 Å². The average Bonchev–Trinajstić information content (AvgIpc) is 3.07. The van der Waals surface area contributed by atoms with Crippen molar-refractivity contribution in [2.75, 3.05) is 7.11 Å². The molecule has 2 aromatic carbocycles. The Bertz CT molecular complexity index is 1270. The Morgan fingerprint density at radius 2 is 1.80 bits per heavy atom. The van der Waals surface area contributed by atoms with E-state index in [2.05, 4.69) is 5.16 Å². The molecule has 0 aliphatic rings. The molecule has 0 N–H and O–H groups in total. The Morgan fingerprint density at radius 3 is 2.43 bits per heavy atom. The van der Waals surface area contributed by atoms with Gasteiger partial charge in [-0.05, 0) is 68.5 Å². The van der Waals surface area contributed by atoms with E-state index in [4.69, 9.17) is 20.9 Å². The van der Waals surface area contributed by atoms with Crippen molar-refractivity contribution in [1.82, 2.24) is 9.72 Å². The summed E-state index contributed by atoms with van der Waals surface area (Å²) in [6.07, 6.45) is 0.702. The lowest BCUT2D eigenvalue weighted by molar-refractivity contribution is 0.393. The number of aromatic nitrogens is 2. The monoisotopic (exact) mass is 422 g/mol. The fraction of sp³-hybridized carbons (Fsp3) is 0.250. The number of nitrogens with zero attached hydrogens (tertiary/aromatic N) is 2. The lowest BCUT2D eigenvalue weighted by Crippen LogP contribution is -2.24. The number of fused-ring (bicyclic) bond motifs is 1. The van der Waals surface area contributed by atoms with Crippen LogP contribution in [0, 0.1) is 20.8 Å². The van der Waals surface area contributed by atoms with E-state index in [0.717, 1.165) is 33.3 Å². The van der Waals surface area contributed by atoms with E-state index in [0.29, 0.717) is 35.1 Å². The highest BCUT2D eigenvalue weighted by Gasteiger charge is 2.22. The van der Waals surface area contributed by atoms with Gasteiger partial charge in [0.05, 0.1) is 29.4 Å². The van der Waals surface area contributed by atoms with E-state index in [-0.39, 0.29) is 5.56 Å². The molecule has 30 heavy (non-hydrogen) atoms. The lowest BCUT2D eigenvalue weighted by Gasteiger charge is -2.18. The smallest absolute Gasteiger partial charge is 0.253 e. The fourth-order valence-corrected chi connectivity index (χ4v) is 4.09. The van der Waals surface area contributed by atoms with Crippen LogP contribution in [0.3, 0.4) is 0 Å². The lowest BCUT2D eigenvalue weighted by atomic mass is 9.98. The second-order valence-electron chi connectivity index (χ2n) is 7.44. The van der Waals surface area contributed by atoms with Gasteiger partial charge >= 0.3 is 0 Å². The SMILES string of the molecule is COc1ccc2cc(C)c(=O)n(CCc3ccc(Cl)cc3)c2c1-c1c(C)noc1C. The van der Waals surface area contributed by atoms with Gasteiger partial charge < -0.3 is 13.8 Å². The number of hydrogen-bond donors (Lipinski definition) is 0. The summed E-state index contributed by atoms with van der Waals surface area (Å²) in [7, 11) is 1.63. The number of rotatable bonds is 5. The van der Waals surface area contributed by atoms with Gasteiger partial charge in [-0.15, -0.1) is 0 Å². The minimum Gasteiger partial charge on any atom is -0.496 e. The van der Waals surface area contributed by atoms with Crippen molar-refractivity contribution in [3.8, 4) is 16.9 Å². The molecule has 4 rings (SSSR count). The molecule has 0 amide bonds. The van der Waals surface area contributed by atoms with E-state index in [1.807, 2.05) is 67.8 Å². The molecule has 0 aliphatic carbocycles. The molecule has 0 unspecified atom stereocenters. The summed E-state index contributed by atoms with van der Waals surface area (Å²) in [6.45, 7) is 6.15. The van der Waals surface area contributed by atoms with Crippen LogP contribution in [0.25, 0.3) is 22.0 Å². The van der Waals surface area contributed by atoms with Crippen LogP contribution in [0.1, 0.15) is 22.6 Å². The van der Waals surface area contributed by atoms with Gasteiger partial charge in [0, 0.05) is 17.1 Å². The van der Waals surface area contributed by atoms with Gasteiger partial charge in [0.2, 0.25) is 0 Å². The van der Waals surface area contributed by atoms with Gasteiger partial charge in [-0.3, -0.25) is 4.79 Å². The summed E-state index contributed by atoms with van der Waals surface area (Å²) in [4.78, 5) is 13.2. The predicted octanol–water partition coefficient (Wildman–Crippen LogP) is 5.49. The highest BCUT2D eigenvalue weighted by atomic mass is 35.5. The quantitative estimate of drug-likeness (QED) is 0.427. The Labute approximate surface area is 179 Å². The molecule has 5 nitrogen and oxygen atoms in total. The van der Waals surface area contributed by atoms with Gasteiger partial charge in [-0.25, -0.2) is 0 Å². The van der Waals surface area contributed by atoms with Gasteiger partial charge in [0.15, 0.2) is 0 Å². The Morgan fingerprint density at radius 1 is 1.07 bits per heavy atom. The Kier molecular flexibility index (Phi) is 5.39. The van der Waals surface area contributed by atoms with Gasteiger partial charge in [0.1, 0.15) is 11.5 Å². The number of methoxy groups -OCH3 is 1. The molecule has 0 bridgehead atoms. The first kappa shape index (κ1) is 20.2. The van der Waals surface area contributed by atoms with Crippen molar-refractivity contribution in [2.45, 2.75) is 33.7 Å². The van der Waals surface area contributed by atoms with Crippen LogP contribution < -0.4 is 10.3 Å². The van der Waals surface area contributed by atoms with Gasteiger partial charge in [-0.1, -0.05) is 28.9 Å². The molecule has 154 valence electrons. The molecule has 0 radical (unpaired) electrons. The third-order valence-electron chi connectivity index (χ3n) is 5.44. The standard InChI is InChI=1S/C24H23ClN2O3/c1-14-13-18-7-10-20(29-4)22(21-15(2)26-30-16(21)3)23(18)27(24(14)28)12-11-17-5-8-19(25)9-6-17/h5-10,13H,11-12H2,1-4H3. The largest absolute Gasteiger partial charge is 0.496 e. The number of ether oxygens (including phenoxy) is 1. The first-order chi connectivity index (χ1) is 14.4. The van der Waals surface area contributed by atoms with Gasteiger partial charge in [0.25, 0.3) is 5.56 Å². The molecular weight excluding hydrogens is 400 g/mol. The molecule has 2 aromatic heterocycles. The molecule has 0 fully saturated rings. The first-order valence-corrected chi connectivity index (χ1v) is 10.2. The summed E-state index contributed by atoms with van der Waals surface area (Å²) < 4.78 is 13.0. The van der Waals surface area contributed by atoms with E-state index >= 15 is 0 Å². The van der Waals surface area contributed by atoms with E-state index in [9.17, 15) is 4.79 Å². The number of aryl methyl sites for hydroxylation is 5. The molecule has 0 atom stereocenters. The van der Waals surface area contributed by atoms with Crippen LogP contribution in [0.4, 0.5) is 0 Å². The maximum Gasteiger partial charge on any atom is 0.253 e. The second-order valence-corrected chi connectivity index (χ2v) is 7.88. The maximum atomic E-state index is 13.2. The van der Waals surface area contributed by atoms with Crippen LogP contribution >= 0.6 is 11.6 Å². The van der Waals surface area contributed by atoms with E-state index in [1.54, 1.807) is 7.11 Å². The molecule has 0 aliphatic heterocycles. The summed E-state index contributed by atoms with van der Waals surface area (Å²) in [5, 5.41) is 5.78. The summed E-state index contributed by atoms with van der Waals surface area (Å²) >= 11 is 6.01. The van der Waals surface area contributed by atoms with E-state index in [1.165, 1.54) is 0 Å². The minimum absolute atomic E-state index is 0.0160. The molecule has 0 saturated carbocycles. The van der Waals surface area contributed by atoms with Crippen molar-refractivity contribution in [1.29, 1.82) is 0 Å². The zero-order valence-electron chi connectivity index (χ0n) is 17.5. The van der Waals surface area contributed by atoms with Crippen LogP contribution in [-0.4, -0.2) is 16.8 Å². The highest BCUT2D eigenvalue weighted by molar-refractivity contribution is 6.30. The average molecular weight is 423 g/mol. The third-order valence-corrected chi connectivity index (χ3v) is 5.69. The third kappa shape index (κ3) is 3.50. The Balaban J connectivity index is 1.97. The molecule has 0 saturated heterocycles. The zero-order chi connectivity index (χ0) is 21.4. The second kappa shape index (κ2) is 8.00. The Hall–Kier alpha value is -3.05. The summed E-state index contributed by atoms with van der Waals surface area (Å²) in [5.74, 6) is 1.37. The van der Waals surface area contributed by atoms with Crippen molar-refractivity contribution in [3.63, 3.8) is 0 Å². The summed E-state index contributed by atoms with van der Waals surface area (Å²) in [6, 6.07) is 13.6. The number of halogens is 1. The zero-order valence-corrected chi connectivity index (χ0v) is 18.2. The topological polar surface area (TPSA) is 57.3 Å². The molecule has 4 aromatic rings. The van der Waals surface area contributed by atoms with Crippen LogP contribution in [-0.2, 0) is 13.0 Å². The van der Waals surface area contributed by atoms with Gasteiger partial charge in [-0.2, -0.15) is 0 Å². The summed E-state index contributed by atoms with van der Waals surface area (Å²) in [5.41, 5.74) is 5.08. The number of benzene rings is 2. The number of hydrogen-bond acceptors (Lipinski definition) is 4. The van der Waals surface area contributed by atoms with Crippen molar-refractivity contribution >= 4 is 22.5 Å². The van der Waals surface area contributed by atoms with Crippen molar-refractivity contribution in [2.24, 2.45) is 0 Å². The molecular formula is C24H23ClN2O3. The minimum atomic E-state index is -0.0160. The van der Waals surface area contributed by atoms with Crippen molar-refractivity contribution < 1.29 is 9.26 Å². The predicted molar refractivity (Wildman–Crippen MR) is 120 cm³/mol. The normalized spacial score (nSPS) is 11.2. The first-order valence-electron chi connectivity index (χ1n) is 9.79. The molecule has 6 heteroatoms. The maximum absolute atomic E-state index is 13.2. The molecule has 2 heterocycles. The van der Waals surface area contributed by atoms with Crippen LogP contribution in [0.2, 0.25) is 5.02 Å². The molecule has 0 spiro atoms.